The van der Waals surface area contributed by atoms with E-state index in [0.29, 0.717) is 20.4 Å². The molecule has 2 rings (SSSR count). The summed E-state index contributed by atoms with van der Waals surface area (Å²) in [6.45, 7) is 0. The van der Waals surface area contributed by atoms with Crippen LogP contribution in [0.5, 0.6) is 17.2 Å². The minimum Gasteiger partial charge on any atom is -0.507 e. The number of halogens is 2. The van der Waals surface area contributed by atoms with Crippen LogP contribution in [0.4, 0.5) is 5.69 Å². The smallest absolute Gasteiger partial charge is 0.259 e. The van der Waals surface area contributed by atoms with Gasteiger partial charge in [0.05, 0.1) is 21.6 Å². The monoisotopic (exact) mass is 415 g/mol. The van der Waals surface area contributed by atoms with Crippen LogP contribution in [0.25, 0.3) is 0 Å². The van der Waals surface area contributed by atoms with E-state index in [4.69, 9.17) is 4.74 Å². The zero-order valence-corrected chi connectivity index (χ0v) is 14.0. The molecule has 0 bridgehead atoms. The third kappa shape index (κ3) is 3.48. The number of hydrogen-bond donors (Lipinski definition) is 3. The Bertz CT molecular complexity index is 680. The normalized spacial score (nSPS) is 10.2. The van der Waals surface area contributed by atoms with Crippen molar-refractivity contribution in [3.8, 4) is 17.2 Å². The van der Waals surface area contributed by atoms with Crippen molar-refractivity contribution in [2.45, 2.75) is 0 Å². The van der Waals surface area contributed by atoms with Crippen LogP contribution in [0, 0.1) is 0 Å². The van der Waals surface area contributed by atoms with Gasteiger partial charge in [-0.05, 0) is 56.1 Å². The standard InChI is InChI=1S/C14H11Br2NO4/c1-21-8-2-3-9(12(18)6-8)14(20)17-7-4-10(15)13(19)11(16)5-7/h2-6,18-19H,1H3,(H,17,20). The second-order valence-corrected chi connectivity index (χ2v) is 5.83. The number of anilines is 1. The Morgan fingerprint density at radius 1 is 1.14 bits per heavy atom. The SMILES string of the molecule is COc1ccc(C(=O)Nc2cc(Br)c(O)c(Br)c2)c(O)c1. The molecule has 0 atom stereocenters. The maximum Gasteiger partial charge on any atom is 0.259 e. The average molecular weight is 417 g/mol. The van der Waals surface area contributed by atoms with Gasteiger partial charge in [0.1, 0.15) is 17.2 Å². The van der Waals surface area contributed by atoms with Crippen LogP contribution in [-0.4, -0.2) is 23.2 Å². The van der Waals surface area contributed by atoms with Crippen molar-refractivity contribution in [3.63, 3.8) is 0 Å². The first kappa shape index (κ1) is 15.7. The topological polar surface area (TPSA) is 78.8 Å². The molecule has 2 aromatic carbocycles. The molecule has 2 aromatic rings. The van der Waals surface area contributed by atoms with Crippen LogP contribution in [-0.2, 0) is 0 Å². The van der Waals surface area contributed by atoms with E-state index in [1.54, 1.807) is 18.2 Å². The number of benzene rings is 2. The summed E-state index contributed by atoms with van der Waals surface area (Å²) in [4.78, 5) is 12.1. The maximum absolute atomic E-state index is 12.1. The molecule has 0 saturated heterocycles. The summed E-state index contributed by atoms with van der Waals surface area (Å²) in [5, 5.41) is 22.1. The molecular formula is C14H11Br2NO4. The Labute approximate surface area is 137 Å². The van der Waals surface area contributed by atoms with E-state index in [2.05, 4.69) is 37.2 Å². The van der Waals surface area contributed by atoms with Gasteiger partial charge in [-0.25, -0.2) is 0 Å². The molecule has 0 fully saturated rings. The van der Waals surface area contributed by atoms with E-state index in [1.165, 1.54) is 19.2 Å². The van der Waals surface area contributed by atoms with Crippen molar-refractivity contribution >= 4 is 43.5 Å². The number of rotatable bonds is 3. The summed E-state index contributed by atoms with van der Waals surface area (Å²) in [6, 6.07) is 7.51. The number of aromatic hydroxyl groups is 2. The second-order valence-electron chi connectivity index (χ2n) is 4.13. The van der Waals surface area contributed by atoms with Gasteiger partial charge in [0.25, 0.3) is 5.91 Å². The van der Waals surface area contributed by atoms with Gasteiger partial charge >= 0.3 is 0 Å². The van der Waals surface area contributed by atoms with Crippen molar-refractivity contribution in [2.24, 2.45) is 0 Å². The summed E-state index contributed by atoms with van der Waals surface area (Å²) < 4.78 is 5.83. The van der Waals surface area contributed by atoms with E-state index < -0.39 is 5.91 Å². The molecule has 3 N–H and O–H groups in total. The quantitative estimate of drug-likeness (QED) is 0.663. The molecule has 0 aliphatic rings. The van der Waals surface area contributed by atoms with Gasteiger partial charge in [0, 0.05) is 11.8 Å². The highest BCUT2D eigenvalue weighted by Gasteiger charge is 2.14. The molecule has 0 aromatic heterocycles. The van der Waals surface area contributed by atoms with Crippen LogP contribution in [0.1, 0.15) is 10.4 Å². The molecule has 0 heterocycles. The second kappa shape index (κ2) is 6.36. The van der Waals surface area contributed by atoms with Crippen LogP contribution >= 0.6 is 31.9 Å². The van der Waals surface area contributed by atoms with Crippen LogP contribution in [0.2, 0.25) is 0 Å². The summed E-state index contributed by atoms with van der Waals surface area (Å²) in [5.41, 5.74) is 0.586. The molecule has 110 valence electrons. The predicted molar refractivity (Wildman–Crippen MR) is 86.1 cm³/mol. The largest absolute Gasteiger partial charge is 0.507 e. The highest BCUT2D eigenvalue weighted by molar-refractivity contribution is 9.11. The Hall–Kier alpha value is -1.73. The molecule has 0 saturated carbocycles. The molecule has 0 aliphatic heterocycles. The lowest BCUT2D eigenvalue weighted by Gasteiger charge is -2.10. The van der Waals surface area contributed by atoms with Crippen molar-refractivity contribution in [1.29, 1.82) is 0 Å². The lowest BCUT2D eigenvalue weighted by molar-refractivity contribution is 0.102. The lowest BCUT2D eigenvalue weighted by atomic mass is 10.1. The molecule has 5 nitrogen and oxygen atoms in total. The zero-order valence-electron chi connectivity index (χ0n) is 10.9. The Morgan fingerprint density at radius 2 is 1.76 bits per heavy atom. The summed E-state index contributed by atoms with van der Waals surface area (Å²) in [5.74, 6) is -0.150. The fourth-order valence-corrected chi connectivity index (χ4v) is 2.85. The van der Waals surface area contributed by atoms with Gasteiger partial charge in [-0.15, -0.1) is 0 Å². The van der Waals surface area contributed by atoms with Gasteiger partial charge in [-0.2, -0.15) is 0 Å². The number of carbonyl (C=O) groups is 1. The Balaban J connectivity index is 2.26. The van der Waals surface area contributed by atoms with Crippen molar-refractivity contribution in [2.75, 3.05) is 12.4 Å². The van der Waals surface area contributed by atoms with Gasteiger partial charge in [-0.3, -0.25) is 4.79 Å². The number of phenolic OH excluding ortho intramolecular Hbond substituents is 2. The minimum absolute atomic E-state index is 0.0419. The molecule has 0 spiro atoms. The van der Waals surface area contributed by atoms with Crippen molar-refractivity contribution in [1.82, 2.24) is 0 Å². The number of hydrogen-bond acceptors (Lipinski definition) is 4. The van der Waals surface area contributed by atoms with Gasteiger partial charge < -0.3 is 20.3 Å². The first-order chi connectivity index (χ1) is 9.92. The fourth-order valence-electron chi connectivity index (χ4n) is 1.67. The van der Waals surface area contributed by atoms with Gasteiger partial charge in [-0.1, -0.05) is 0 Å². The summed E-state index contributed by atoms with van der Waals surface area (Å²) >= 11 is 6.36. The molecule has 21 heavy (non-hydrogen) atoms. The number of phenols is 2. The highest BCUT2D eigenvalue weighted by Crippen LogP contribution is 2.35. The van der Waals surface area contributed by atoms with Gasteiger partial charge in [0.2, 0.25) is 0 Å². The fraction of sp³-hybridized carbons (Fsp3) is 0.0714. The molecule has 1 amide bonds. The van der Waals surface area contributed by atoms with Crippen LogP contribution in [0.3, 0.4) is 0 Å². The molecule has 0 unspecified atom stereocenters. The maximum atomic E-state index is 12.1. The average Bonchev–Trinajstić information content (AvgIpc) is 2.44. The summed E-state index contributed by atoms with van der Waals surface area (Å²) in [7, 11) is 1.47. The number of methoxy groups -OCH3 is 1. The molecule has 0 aliphatic carbocycles. The first-order valence-corrected chi connectivity index (χ1v) is 7.37. The highest BCUT2D eigenvalue weighted by atomic mass is 79.9. The van der Waals surface area contributed by atoms with Crippen LogP contribution < -0.4 is 10.1 Å². The third-order valence-electron chi connectivity index (χ3n) is 2.72. The predicted octanol–water partition coefficient (Wildman–Crippen LogP) is 3.88. The molecule has 0 radical (unpaired) electrons. The summed E-state index contributed by atoms with van der Waals surface area (Å²) in [6.07, 6.45) is 0. The number of amides is 1. The third-order valence-corrected chi connectivity index (χ3v) is 3.93. The van der Waals surface area contributed by atoms with E-state index in [0.717, 1.165) is 0 Å². The van der Waals surface area contributed by atoms with Crippen LogP contribution in [0.15, 0.2) is 39.3 Å². The molecule has 7 heteroatoms. The number of carbonyl (C=O) groups excluding carboxylic acids is 1. The van der Waals surface area contributed by atoms with E-state index in [-0.39, 0.29) is 17.1 Å². The first-order valence-electron chi connectivity index (χ1n) is 5.78. The van der Waals surface area contributed by atoms with E-state index in [9.17, 15) is 15.0 Å². The minimum atomic E-state index is -0.473. The lowest BCUT2D eigenvalue weighted by Crippen LogP contribution is -2.12. The molecular weight excluding hydrogens is 406 g/mol. The zero-order chi connectivity index (χ0) is 15.6. The Kier molecular flexibility index (Phi) is 4.74. The number of nitrogens with one attached hydrogen (secondary N) is 1. The van der Waals surface area contributed by atoms with Gasteiger partial charge in [0.15, 0.2) is 0 Å². The van der Waals surface area contributed by atoms with E-state index in [1.807, 2.05) is 0 Å². The number of ether oxygens (including phenoxy) is 1. The Morgan fingerprint density at radius 3 is 2.29 bits per heavy atom. The van der Waals surface area contributed by atoms with E-state index >= 15 is 0 Å². The van der Waals surface area contributed by atoms with Crippen molar-refractivity contribution < 1.29 is 19.7 Å². The van der Waals surface area contributed by atoms with Crippen molar-refractivity contribution in [3.05, 3.63) is 44.8 Å².